The number of hydrogen-bond donors (Lipinski definition) is 0. The molecule has 0 aliphatic carbocycles. The van der Waals surface area contributed by atoms with Gasteiger partial charge in [-0.2, -0.15) is 0 Å². The van der Waals surface area contributed by atoms with Gasteiger partial charge in [0.2, 0.25) is 0 Å². The first kappa shape index (κ1) is 14.3. The smallest absolute Gasteiger partial charge is 0.000713 e. The second-order valence-electron chi connectivity index (χ2n) is 6.13. The second kappa shape index (κ2) is 6.91. The van der Waals surface area contributed by atoms with Gasteiger partial charge in [-0.15, -0.1) is 0 Å². The van der Waals surface area contributed by atoms with Crippen LogP contribution in [0.3, 0.4) is 0 Å². The summed E-state index contributed by atoms with van der Waals surface area (Å²) in [6.07, 6.45) is 5.27. The summed E-state index contributed by atoms with van der Waals surface area (Å²) in [5.41, 5.74) is 3.89. The van der Waals surface area contributed by atoms with Gasteiger partial charge in [0.05, 0.1) is 0 Å². The fourth-order valence-corrected chi connectivity index (χ4v) is 2.90. The van der Waals surface area contributed by atoms with Crippen LogP contribution in [0.2, 0.25) is 0 Å². The van der Waals surface area contributed by atoms with Gasteiger partial charge in [-0.3, -0.25) is 0 Å². The van der Waals surface area contributed by atoms with Gasteiger partial charge in [-0.25, -0.2) is 0 Å². The van der Waals surface area contributed by atoms with Crippen LogP contribution in [0.1, 0.15) is 44.2 Å². The molecule has 1 atom stereocenters. The molecular weight excluding hydrogens is 230 g/mol. The normalized spacial score (nSPS) is 17.6. The molecule has 1 nitrogen and oxygen atoms in total. The summed E-state index contributed by atoms with van der Waals surface area (Å²) in [7, 11) is 0. The monoisotopic (exact) mass is 257 g/mol. The molecule has 0 aromatic heterocycles. The minimum Gasteiger partial charge on any atom is -0.303 e. The van der Waals surface area contributed by atoms with E-state index in [0.717, 1.165) is 11.5 Å². The van der Waals surface area contributed by atoms with Crippen LogP contribution in [-0.4, -0.2) is 24.5 Å². The molecule has 104 valence electrons. The van der Waals surface area contributed by atoms with Crippen LogP contribution in [-0.2, 0) is 6.42 Å². The molecule has 19 heavy (non-hydrogen) atoms. The second-order valence-corrected chi connectivity index (χ2v) is 6.13. The highest BCUT2D eigenvalue weighted by atomic mass is 15.1. The maximum absolute atomic E-state index is 4.02. The van der Waals surface area contributed by atoms with Gasteiger partial charge < -0.3 is 4.90 Å². The van der Waals surface area contributed by atoms with Crippen molar-refractivity contribution in [1.29, 1.82) is 0 Å². The van der Waals surface area contributed by atoms with E-state index in [4.69, 9.17) is 0 Å². The van der Waals surface area contributed by atoms with Crippen LogP contribution in [0.25, 0.3) is 5.57 Å². The van der Waals surface area contributed by atoms with Crippen molar-refractivity contribution in [2.75, 3.05) is 19.6 Å². The van der Waals surface area contributed by atoms with Gasteiger partial charge >= 0.3 is 0 Å². The molecule has 1 aliphatic heterocycles. The van der Waals surface area contributed by atoms with Gasteiger partial charge in [0, 0.05) is 6.54 Å². The molecule has 1 fully saturated rings. The fourth-order valence-electron chi connectivity index (χ4n) is 2.90. The van der Waals surface area contributed by atoms with Crippen LogP contribution in [0.15, 0.2) is 30.8 Å². The SMILES string of the molecule is C=C(C)c1cccc(CCC(C)CN2CCCC2)c1. The first-order valence-corrected chi connectivity index (χ1v) is 7.62. The first-order chi connectivity index (χ1) is 9.15. The summed E-state index contributed by atoms with van der Waals surface area (Å²) in [5.74, 6) is 0.798. The van der Waals surface area contributed by atoms with Gasteiger partial charge in [0.1, 0.15) is 0 Å². The molecule has 0 spiro atoms. The van der Waals surface area contributed by atoms with Crippen LogP contribution in [0.4, 0.5) is 0 Å². The highest BCUT2D eigenvalue weighted by molar-refractivity contribution is 5.61. The first-order valence-electron chi connectivity index (χ1n) is 7.62. The summed E-state index contributed by atoms with van der Waals surface area (Å²) in [5, 5.41) is 0. The molecule has 1 aliphatic rings. The Kier molecular flexibility index (Phi) is 5.21. The third-order valence-corrected chi connectivity index (χ3v) is 4.11. The van der Waals surface area contributed by atoms with Crippen molar-refractivity contribution in [3.8, 4) is 0 Å². The highest BCUT2D eigenvalue weighted by Crippen LogP contribution is 2.17. The summed E-state index contributed by atoms with van der Waals surface area (Å²) in [4.78, 5) is 2.62. The number of aryl methyl sites for hydroxylation is 1. The van der Waals surface area contributed by atoms with Crippen LogP contribution in [0.5, 0.6) is 0 Å². The summed E-state index contributed by atoms with van der Waals surface area (Å²) in [6, 6.07) is 8.85. The summed E-state index contributed by atoms with van der Waals surface area (Å²) >= 11 is 0. The van der Waals surface area contributed by atoms with E-state index in [0.29, 0.717) is 0 Å². The molecule has 1 aromatic rings. The molecule has 0 N–H and O–H groups in total. The maximum Gasteiger partial charge on any atom is 0.000713 e. The van der Waals surface area contributed by atoms with E-state index in [2.05, 4.69) is 49.6 Å². The van der Waals surface area contributed by atoms with Gasteiger partial charge in [0.25, 0.3) is 0 Å². The summed E-state index contributed by atoms with van der Waals surface area (Å²) in [6.45, 7) is 12.4. The fraction of sp³-hybridized carbons (Fsp3) is 0.556. The van der Waals surface area contributed by atoms with Crippen LogP contribution >= 0.6 is 0 Å². The van der Waals surface area contributed by atoms with Crippen molar-refractivity contribution in [3.05, 3.63) is 42.0 Å². The van der Waals surface area contributed by atoms with Crippen LogP contribution in [0, 0.1) is 5.92 Å². The topological polar surface area (TPSA) is 3.24 Å². The zero-order valence-electron chi connectivity index (χ0n) is 12.5. The number of likely N-dealkylation sites (tertiary alicyclic amines) is 1. The molecule has 1 heteroatoms. The number of rotatable bonds is 6. The molecule has 0 bridgehead atoms. The number of allylic oxidation sites excluding steroid dienone is 1. The largest absolute Gasteiger partial charge is 0.303 e. The van der Waals surface area contributed by atoms with Crippen molar-refractivity contribution >= 4 is 5.57 Å². The quantitative estimate of drug-likeness (QED) is 0.731. The van der Waals surface area contributed by atoms with E-state index >= 15 is 0 Å². The Morgan fingerprint density at radius 1 is 1.32 bits per heavy atom. The van der Waals surface area contributed by atoms with Crippen molar-refractivity contribution in [3.63, 3.8) is 0 Å². The van der Waals surface area contributed by atoms with E-state index in [9.17, 15) is 0 Å². The van der Waals surface area contributed by atoms with Gasteiger partial charge in [0.15, 0.2) is 0 Å². The average Bonchev–Trinajstić information content (AvgIpc) is 2.89. The number of hydrogen-bond acceptors (Lipinski definition) is 1. The van der Waals surface area contributed by atoms with Crippen molar-refractivity contribution < 1.29 is 0 Å². The molecular formula is C18H27N. The Morgan fingerprint density at radius 2 is 2.05 bits per heavy atom. The predicted molar refractivity (Wildman–Crippen MR) is 84.3 cm³/mol. The van der Waals surface area contributed by atoms with Crippen LogP contribution < -0.4 is 0 Å². The lowest BCUT2D eigenvalue weighted by atomic mass is 9.98. The Bertz CT molecular complexity index is 415. The number of nitrogens with zero attached hydrogens (tertiary/aromatic N) is 1. The zero-order chi connectivity index (χ0) is 13.7. The Labute approximate surface area is 118 Å². The Balaban J connectivity index is 1.80. The lowest BCUT2D eigenvalue weighted by Crippen LogP contribution is -2.25. The molecule has 1 saturated heterocycles. The molecule has 0 saturated carbocycles. The highest BCUT2D eigenvalue weighted by Gasteiger charge is 2.14. The standard InChI is InChI=1S/C18H27N/c1-15(2)18-8-6-7-17(13-18)10-9-16(3)14-19-11-4-5-12-19/h6-8,13,16H,1,4-5,9-12,14H2,2-3H3. The molecule has 0 amide bonds. The van der Waals surface area contributed by atoms with Crippen molar-refractivity contribution in [1.82, 2.24) is 4.90 Å². The average molecular weight is 257 g/mol. The summed E-state index contributed by atoms with van der Waals surface area (Å²) < 4.78 is 0. The number of benzene rings is 1. The third kappa shape index (κ3) is 4.50. The van der Waals surface area contributed by atoms with Crippen molar-refractivity contribution in [2.24, 2.45) is 5.92 Å². The van der Waals surface area contributed by atoms with E-state index in [1.165, 1.54) is 56.4 Å². The molecule has 1 unspecified atom stereocenters. The lowest BCUT2D eigenvalue weighted by molar-refractivity contribution is 0.280. The molecule has 0 radical (unpaired) electrons. The molecule has 2 rings (SSSR count). The molecule has 1 heterocycles. The zero-order valence-corrected chi connectivity index (χ0v) is 12.5. The van der Waals surface area contributed by atoms with E-state index in [-0.39, 0.29) is 0 Å². The van der Waals surface area contributed by atoms with Gasteiger partial charge in [-0.05, 0) is 62.7 Å². The minimum atomic E-state index is 0.798. The third-order valence-electron chi connectivity index (χ3n) is 4.11. The van der Waals surface area contributed by atoms with Gasteiger partial charge in [-0.1, -0.05) is 43.3 Å². The van der Waals surface area contributed by atoms with E-state index in [1.807, 2.05) is 0 Å². The minimum absolute atomic E-state index is 0.798. The predicted octanol–water partition coefficient (Wildman–Crippen LogP) is 4.38. The lowest BCUT2D eigenvalue weighted by Gasteiger charge is -2.20. The Morgan fingerprint density at radius 3 is 2.74 bits per heavy atom. The van der Waals surface area contributed by atoms with E-state index in [1.54, 1.807) is 0 Å². The Hall–Kier alpha value is -1.08. The van der Waals surface area contributed by atoms with E-state index < -0.39 is 0 Å². The van der Waals surface area contributed by atoms with Crippen molar-refractivity contribution in [2.45, 2.75) is 39.5 Å². The maximum atomic E-state index is 4.02. The molecule has 1 aromatic carbocycles.